The Labute approximate surface area is 181 Å². The van der Waals surface area contributed by atoms with Gasteiger partial charge in [0.1, 0.15) is 11.5 Å². The van der Waals surface area contributed by atoms with Gasteiger partial charge in [0, 0.05) is 30.6 Å². The van der Waals surface area contributed by atoms with E-state index in [-0.39, 0.29) is 18.7 Å². The van der Waals surface area contributed by atoms with E-state index in [1.54, 1.807) is 12.0 Å². The number of hydrogen-bond donors (Lipinski definition) is 0. The smallest absolute Gasteiger partial charge is 0.227 e. The molecule has 0 aliphatic carbocycles. The van der Waals surface area contributed by atoms with Crippen molar-refractivity contribution in [2.45, 2.75) is 26.2 Å². The van der Waals surface area contributed by atoms with Gasteiger partial charge in [-0.15, -0.1) is 0 Å². The summed E-state index contributed by atoms with van der Waals surface area (Å²) in [4.78, 5) is 18.8. The zero-order valence-corrected chi connectivity index (χ0v) is 17.6. The average molecular weight is 420 g/mol. The fourth-order valence-electron chi connectivity index (χ4n) is 3.01. The standard InChI is InChI=1S/C23H24N4O4/c1-3-30-20-11-7-18(8-12-20)27(16-4-15-24)22(28)14-13-21-25-23(26-31-21)17-5-9-19(29-2)10-6-17/h5-12H,3-4,13-14,16H2,1-2H3. The molecule has 2 aromatic carbocycles. The van der Waals surface area contributed by atoms with Gasteiger partial charge < -0.3 is 18.9 Å². The Morgan fingerprint density at radius 3 is 2.48 bits per heavy atom. The molecule has 0 fully saturated rings. The maximum absolute atomic E-state index is 12.9. The molecule has 8 heteroatoms. The Hall–Kier alpha value is -3.86. The molecular weight excluding hydrogens is 396 g/mol. The van der Waals surface area contributed by atoms with Gasteiger partial charge in [0.25, 0.3) is 0 Å². The molecule has 1 aromatic heterocycles. The van der Waals surface area contributed by atoms with Crippen molar-refractivity contribution in [3.8, 4) is 29.0 Å². The molecule has 0 atom stereocenters. The molecule has 0 aliphatic heterocycles. The Morgan fingerprint density at radius 2 is 1.84 bits per heavy atom. The lowest BCUT2D eigenvalue weighted by Gasteiger charge is -2.22. The summed E-state index contributed by atoms with van der Waals surface area (Å²) in [6, 6.07) is 16.7. The number of aryl methyl sites for hydroxylation is 1. The SMILES string of the molecule is CCOc1ccc(N(CCC#N)C(=O)CCc2nc(-c3ccc(OC)cc3)no2)cc1. The molecule has 0 unspecified atom stereocenters. The third-order valence-corrected chi connectivity index (χ3v) is 4.58. The zero-order valence-electron chi connectivity index (χ0n) is 17.6. The molecule has 1 amide bonds. The third kappa shape index (κ3) is 5.82. The summed E-state index contributed by atoms with van der Waals surface area (Å²) in [5.74, 6) is 2.19. The molecule has 8 nitrogen and oxygen atoms in total. The monoisotopic (exact) mass is 420 g/mol. The van der Waals surface area contributed by atoms with Gasteiger partial charge in [-0.2, -0.15) is 10.2 Å². The van der Waals surface area contributed by atoms with Crippen LogP contribution in [0.3, 0.4) is 0 Å². The van der Waals surface area contributed by atoms with Crippen LogP contribution >= 0.6 is 0 Å². The first-order chi connectivity index (χ1) is 15.1. The highest BCUT2D eigenvalue weighted by atomic mass is 16.5. The van der Waals surface area contributed by atoms with Crippen LogP contribution in [0.5, 0.6) is 11.5 Å². The highest BCUT2D eigenvalue weighted by molar-refractivity contribution is 5.93. The number of nitrogens with zero attached hydrogens (tertiary/aromatic N) is 4. The number of nitriles is 1. The predicted octanol–water partition coefficient (Wildman–Crippen LogP) is 4.02. The van der Waals surface area contributed by atoms with Crippen LogP contribution < -0.4 is 14.4 Å². The molecule has 0 radical (unpaired) electrons. The van der Waals surface area contributed by atoms with Crippen LogP contribution in [0.4, 0.5) is 5.69 Å². The molecule has 0 spiro atoms. The fourth-order valence-corrected chi connectivity index (χ4v) is 3.01. The average Bonchev–Trinajstić information content (AvgIpc) is 3.28. The van der Waals surface area contributed by atoms with Crippen molar-refractivity contribution in [1.29, 1.82) is 5.26 Å². The van der Waals surface area contributed by atoms with Crippen molar-refractivity contribution in [2.24, 2.45) is 0 Å². The Balaban J connectivity index is 1.65. The van der Waals surface area contributed by atoms with Gasteiger partial charge in [-0.1, -0.05) is 5.16 Å². The number of amides is 1. The van der Waals surface area contributed by atoms with Crippen LogP contribution in [0, 0.1) is 11.3 Å². The van der Waals surface area contributed by atoms with E-state index >= 15 is 0 Å². The van der Waals surface area contributed by atoms with Crippen molar-refractivity contribution in [3.63, 3.8) is 0 Å². The molecule has 3 aromatic rings. The summed E-state index contributed by atoms with van der Waals surface area (Å²) in [6.07, 6.45) is 0.728. The molecule has 0 bridgehead atoms. The zero-order chi connectivity index (χ0) is 22.1. The maximum atomic E-state index is 12.9. The largest absolute Gasteiger partial charge is 0.497 e. The molecule has 1 heterocycles. The molecule has 3 rings (SSSR count). The van der Waals surface area contributed by atoms with Gasteiger partial charge in [0.05, 0.1) is 26.2 Å². The van der Waals surface area contributed by atoms with Gasteiger partial charge in [0.15, 0.2) is 0 Å². The Bertz CT molecular complexity index is 1020. The van der Waals surface area contributed by atoms with Crippen molar-refractivity contribution in [2.75, 3.05) is 25.2 Å². The van der Waals surface area contributed by atoms with Gasteiger partial charge in [-0.25, -0.2) is 0 Å². The number of hydrogen-bond acceptors (Lipinski definition) is 7. The minimum absolute atomic E-state index is 0.122. The third-order valence-electron chi connectivity index (χ3n) is 4.58. The number of carbonyl (C=O) groups is 1. The molecule has 160 valence electrons. The lowest BCUT2D eigenvalue weighted by Crippen LogP contribution is -2.32. The van der Waals surface area contributed by atoms with Gasteiger partial charge in [-0.05, 0) is 55.5 Å². The highest BCUT2D eigenvalue weighted by Crippen LogP contribution is 2.22. The number of anilines is 1. The van der Waals surface area contributed by atoms with E-state index in [1.165, 1.54) is 0 Å². The highest BCUT2D eigenvalue weighted by Gasteiger charge is 2.18. The quantitative estimate of drug-likeness (QED) is 0.488. The summed E-state index contributed by atoms with van der Waals surface area (Å²) in [7, 11) is 1.60. The summed E-state index contributed by atoms with van der Waals surface area (Å²) in [5, 5.41) is 13.0. The van der Waals surface area contributed by atoms with E-state index in [0.29, 0.717) is 37.0 Å². The van der Waals surface area contributed by atoms with E-state index in [9.17, 15) is 4.79 Å². The molecule has 31 heavy (non-hydrogen) atoms. The van der Waals surface area contributed by atoms with E-state index in [4.69, 9.17) is 19.3 Å². The van der Waals surface area contributed by atoms with Crippen molar-refractivity contribution in [1.82, 2.24) is 10.1 Å². The minimum atomic E-state index is -0.122. The van der Waals surface area contributed by atoms with E-state index in [1.807, 2.05) is 55.5 Å². The normalized spacial score (nSPS) is 10.4. The Morgan fingerprint density at radius 1 is 1.13 bits per heavy atom. The van der Waals surface area contributed by atoms with Crippen LogP contribution in [0.15, 0.2) is 53.1 Å². The summed E-state index contributed by atoms with van der Waals surface area (Å²) in [6.45, 7) is 2.79. The Kier molecular flexibility index (Phi) is 7.60. The topological polar surface area (TPSA) is 101 Å². The molecule has 0 N–H and O–H groups in total. The number of carbonyl (C=O) groups excluding carboxylic acids is 1. The van der Waals surface area contributed by atoms with Gasteiger partial charge in [-0.3, -0.25) is 4.79 Å². The van der Waals surface area contributed by atoms with Gasteiger partial charge in [0.2, 0.25) is 17.6 Å². The van der Waals surface area contributed by atoms with E-state index in [0.717, 1.165) is 17.1 Å². The van der Waals surface area contributed by atoms with Crippen LogP contribution in [0.25, 0.3) is 11.4 Å². The first-order valence-electron chi connectivity index (χ1n) is 10.0. The number of methoxy groups -OCH3 is 1. The van der Waals surface area contributed by atoms with E-state index < -0.39 is 0 Å². The molecule has 0 aliphatic rings. The lowest BCUT2D eigenvalue weighted by atomic mass is 10.2. The first-order valence-corrected chi connectivity index (χ1v) is 10.0. The van der Waals surface area contributed by atoms with Crippen LogP contribution in [0.2, 0.25) is 0 Å². The number of ether oxygens (including phenoxy) is 2. The maximum Gasteiger partial charge on any atom is 0.227 e. The molecule has 0 saturated heterocycles. The van der Waals surface area contributed by atoms with Crippen LogP contribution in [-0.2, 0) is 11.2 Å². The van der Waals surface area contributed by atoms with E-state index in [2.05, 4.69) is 16.2 Å². The second kappa shape index (κ2) is 10.8. The summed E-state index contributed by atoms with van der Waals surface area (Å²) in [5.41, 5.74) is 1.51. The van der Waals surface area contributed by atoms with Crippen molar-refractivity contribution >= 4 is 11.6 Å². The number of benzene rings is 2. The van der Waals surface area contributed by atoms with Crippen LogP contribution in [-0.4, -0.2) is 36.3 Å². The fraction of sp³-hybridized carbons (Fsp3) is 0.304. The summed E-state index contributed by atoms with van der Waals surface area (Å²) < 4.78 is 15.9. The molecular formula is C23H24N4O4. The number of aromatic nitrogens is 2. The predicted molar refractivity (Wildman–Crippen MR) is 115 cm³/mol. The number of rotatable bonds is 10. The lowest BCUT2D eigenvalue weighted by molar-refractivity contribution is -0.118. The van der Waals surface area contributed by atoms with Crippen LogP contribution in [0.1, 0.15) is 25.7 Å². The first kappa shape index (κ1) is 21.8. The molecule has 0 saturated carbocycles. The second-order valence-corrected chi connectivity index (χ2v) is 6.62. The van der Waals surface area contributed by atoms with Gasteiger partial charge >= 0.3 is 0 Å². The minimum Gasteiger partial charge on any atom is -0.497 e. The van der Waals surface area contributed by atoms with Crippen molar-refractivity contribution < 1.29 is 18.8 Å². The van der Waals surface area contributed by atoms with Crippen molar-refractivity contribution in [3.05, 3.63) is 54.4 Å². The summed E-state index contributed by atoms with van der Waals surface area (Å²) >= 11 is 0. The second-order valence-electron chi connectivity index (χ2n) is 6.62.